The Labute approximate surface area is 206 Å². The van der Waals surface area contributed by atoms with Crippen molar-refractivity contribution in [1.82, 2.24) is 14.9 Å². The molecule has 5 rings (SSSR count). The van der Waals surface area contributed by atoms with Crippen molar-refractivity contribution < 1.29 is 19.4 Å². The van der Waals surface area contributed by atoms with Crippen molar-refractivity contribution in [2.75, 3.05) is 13.7 Å². The first-order chi connectivity index (χ1) is 17.0. The Morgan fingerprint density at radius 3 is 2.66 bits per heavy atom. The maximum atomic E-state index is 13.2. The van der Waals surface area contributed by atoms with Crippen LogP contribution in [0.2, 0.25) is 5.02 Å². The molecule has 7 nitrogen and oxygen atoms in total. The third-order valence-electron chi connectivity index (χ3n) is 6.22. The number of nitrogens with one attached hydrogen (secondary N) is 1. The van der Waals surface area contributed by atoms with Gasteiger partial charge >= 0.3 is 0 Å². The zero-order chi connectivity index (χ0) is 24.5. The lowest BCUT2D eigenvalue weighted by atomic mass is 9.98. The van der Waals surface area contributed by atoms with Crippen LogP contribution in [0.5, 0.6) is 5.75 Å². The lowest BCUT2D eigenvalue weighted by Gasteiger charge is -2.24. The number of ketones is 1. The number of carbonyl (C=O) groups excluding carboxylic acids is 2. The summed E-state index contributed by atoms with van der Waals surface area (Å²) in [5.41, 5.74) is 2.85. The van der Waals surface area contributed by atoms with Crippen LogP contribution in [0.4, 0.5) is 0 Å². The van der Waals surface area contributed by atoms with Gasteiger partial charge in [0, 0.05) is 40.4 Å². The normalized spacial score (nSPS) is 17.3. The van der Waals surface area contributed by atoms with Gasteiger partial charge in [-0.2, -0.15) is 0 Å². The fourth-order valence-corrected chi connectivity index (χ4v) is 4.58. The number of fused-ring (bicyclic) bond motifs is 1. The van der Waals surface area contributed by atoms with Gasteiger partial charge in [-0.25, -0.2) is 0 Å². The fraction of sp³-hybridized carbons (Fsp3) is 0.148. The second-order valence-corrected chi connectivity index (χ2v) is 8.67. The number of aliphatic hydroxyl groups excluding tert-OH is 1. The molecule has 1 aliphatic rings. The second-order valence-electron chi connectivity index (χ2n) is 8.23. The molecular weight excluding hydrogens is 466 g/mol. The van der Waals surface area contributed by atoms with E-state index in [1.54, 1.807) is 55.8 Å². The first kappa shape index (κ1) is 22.7. The van der Waals surface area contributed by atoms with Gasteiger partial charge in [0.2, 0.25) is 0 Å². The molecule has 0 bridgehead atoms. The number of likely N-dealkylation sites (tertiary alicyclic amines) is 1. The van der Waals surface area contributed by atoms with Crippen LogP contribution in [0.25, 0.3) is 16.7 Å². The number of aromatic nitrogens is 2. The van der Waals surface area contributed by atoms with Crippen LogP contribution in [0.15, 0.2) is 78.6 Å². The number of methoxy groups -OCH3 is 1. The number of ether oxygens (including phenoxy) is 1. The van der Waals surface area contributed by atoms with Crippen LogP contribution in [0.3, 0.4) is 0 Å². The third-order valence-corrected chi connectivity index (χ3v) is 6.47. The third kappa shape index (κ3) is 4.15. The molecule has 2 aromatic carbocycles. The minimum Gasteiger partial charge on any atom is -0.507 e. The van der Waals surface area contributed by atoms with Gasteiger partial charge in [-0.15, -0.1) is 0 Å². The number of rotatable bonds is 6. The smallest absolute Gasteiger partial charge is 0.295 e. The van der Waals surface area contributed by atoms with Crippen LogP contribution in [0.1, 0.15) is 22.9 Å². The number of hydrogen-bond acceptors (Lipinski definition) is 5. The molecule has 4 aromatic rings. The standard InChI is InChI=1S/C27H22ClN3O4/c1-35-19-9-10-21-20(14-19)17(15-30-21)11-13-31-24(22-4-2-3-12-29-22)23(26(33)27(31)34)25(32)16-5-7-18(28)8-6-16/h2-10,12,14-15,24,30,32H,11,13H2,1H3/t24-/m0/s1. The van der Waals surface area contributed by atoms with Crippen molar-refractivity contribution in [3.63, 3.8) is 0 Å². The van der Waals surface area contributed by atoms with Crippen molar-refractivity contribution in [3.8, 4) is 5.75 Å². The SMILES string of the molecule is COc1ccc2[nH]cc(CCN3C(=O)C(=O)C(=C(O)c4ccc(Cl)cc4)[C@@H]3c3ccccn3)c2c1. The number of aliphatic hydroxyl groups is 1. The van der Waals surface area contributed by atoms with Crippen LogP contribution in [0, 0.1) is 0 Å². The highest BCUT2D eigenvalue weighted by Gasteiger charge is 2.46. The summed E-state index contributed by atoms with van der Waals surface area (Å²) in [6, 6.07) is 16.7. The zero-order valence-corrected chi connectivity index (χ0v) is 19.6. The molecule has 3 heterocycles. The first-order valence-electron chi connectivity index (χ1n) is 11.1. The second kappa shape index (κ2) is 9.27. The van der Waals surface area contributed by atoms with Gasteiger partial charge in [-0.1, -0.05) is 17.7 Å². The average Bonchev–Trinajstić information content (AvgIpc) is 3.40. The summed E-state index contributed by atoms with van der Waals surface area (Å²) >= 11 is 5.98. The summed E-state index contributed by atoms with van der Waals surface area (Å²) in [6.45, 7) is 0.257. The molecule has 8 heteroatoms. The van der Waals surface area contributed by atoms with Crippen LogP contribution in [-0.2, 0) is 16.0 Å². The lowest BCUT2D eigenvalue weighted by molar-refractivity contribution is -0.139. The topological polar surface area (TPSA) is 95.5 Å². The summed E-state index contributed by atoms with van der Waals surface area (Å²) in [5.74, 6) is -0.937. The van der Waals surface area contributed by atoms with Crippen molar-refractivity contribution in [2.24, 2.45) is 0 Å². The summed E-state index contributed by atoms with van der Waals surface area (Å²) < 4.78 is 5.35. The van der Waals surface area contributed by atoms with Crippen molar-refractivity contribution in [1.29, 1.82) is 0 Å². The van der Waals surface area contributed by atoms with Crippen molar-refractivity contribution in [2.45, 2.75) is 12.5 Å². The molecule has 0 radical (unpaired) electrons. The minimum absolute atomic E-state index is 0.0108. The maximum Gasteiger partial charge on any atom is 0.295 e. The number of H-pyrrole nitrogens is 1. The molecule has 0 unspecified atom stereocenters. The summed E-state index contributed by atoms with van der Waals surface area (Å²) in [4.78, 5) is 35.4. The van der Waals surface area contributed by atoms with E-state index >= 15 is 0 Å². The Balaban J connectivity index is 1.54. The minimum atomic E-state index is -0.813. The molecule has 1 aliphatic heterocycles. The summed E-state index contributed by atoms with van der Waals surface area (Å²) in [5, 5.41) is 12.6. The number of hydrogen-bond donors (Lipinski definition) is 2. The molecule has 176 valence electrons. The Kier molecular flexibility index (Phi) is 6.01. The molecule has 1 atom stereocenters. The maximum absolute atomic E-state index is 13.2. The number of halogens is 1. The van der Waals surface area contributed by atoms with E-state index in [4.69, 9.17) is 16.3 Å². The van der Waals surface area contributed by atoms with Gasteiger partial charge in [0.25, 0.3) is 11.7 Å². The first-order valence-corrected chi connectivity index (χ1v) is 11.4. The van der Waals surface area contributed by atoms with Gasteiger partial charge in [0.1, 0.15) is 17.6 Å². The van der Waals surface area contributed by atoms with E-state index in [0.29, 0.717) is 22.7 Å². The Morgan fingerprint density at radius 2 is 1.94 bits per heavy atom. The highest BCUT2D eigenvalue weighted by molar-refractivity contribution is 6.46. The Bertz CT molecular complexity index is 1440. The lowest BCUT2D eigenvalue weighted by Crippen LogP contribution is -2.32. The van der Waals surface area contributed by atoms with Gasteiger partial charge in [-0.05, 0) is 66.6 Å². The molecular formula is C27H22ClN3O4. The molecule has 0 saturated carbocycles. The Hall–Kier alpha value is -4.10. The van der Waals surface area contributed by atoms with Gasteiger partial charge in [0.05, 0.1) is 18.4 Å². The number of nitrogens with zero attached hydrogens (tertiary/aromatic N) is 2. The van der Waals surface area contributed by atoms with Crippen molar-refractivity contribution >= 4 is 40.0 Å². The number of aromatic amines is 1. The predicted octanol–water partition coefficient (Wildman–Crippen LogP) is 4.89. The number of amides is 1. The molecule has 2 N–H and O–H groups in total. The molecule has 0 spiro atoms. The number of benzene rings is 2. The number of pyridine rings is 1. The molecule has 2 aromatic heterocycles. The monoisotopic (exact) mass is 487 g/mol. The van der Waals surface area contributed by atoms with Crippen LogP contribution >= 0.6 is 11.6 Å². The highest BCUT2D eigenvalue weighted by atomic mass is 35.5. The van der Waals surface area contributed by atoms with Gasteiger partial charge in [0.15, 0.2) is 0 Å². The summed E-state index contributed by atoms with van der Waals surface area (Å²) in [6.07, 6.45) is 3.98. The molecule has 1 saturated heterocycles. The highest BCUT2D eigenvalue weighted by Crippen LogP contribution is 2.39. The quantitative estimate of drug-likeness (QED) is 0.229. The molecule has 35 heavy (non-hydrogen) atoms. The van der Waals surface area contributed by atoms with Crippen LogP contribution in [-0.4, -0.2) is 45.3 Å². The van der Waals surface area contributed by atoms with E-state index in [0.717, 1.165) is 22.2 Å². The van der Waals surface area contributed by atoms with E-state index in [2.05, 4.69) is 9.97 Å². The van der Waals surface area contributed by atoms with Crippen LogP contribution < -0.4 is 4.74 Å². The van der Waals surface area contributed by atoms with E-state index < -0.39 is 17.7 Å². The molecule has 1 amide bonds. The average molecular weight is 488 g/mol. The fourth-order valence-electron chi connectivity index (χ4n) is 4.45. The largest absolute Gasteiger partial charge is 0.507 e. The van der Waals surface area contributed by atoms with E-state index in [1.807, 2.05) is 24.4 Å². The van der Waals surface area contributed by atoms with Crippen molar-refractivity contribution in [3.05, 3.63) is 100 Å². The zero-order valence-electron chi connectivity index (χ0n) is 18.9. The van der Waals surface area contributed by atoms with Gasteiger partial charge in [-0.3, -0.25) is 14.6 Å². The number of Topliss-reactive ketones (excluding diaryl/α,β-unsaturated/α-hetero) is 1. The Morgan fingerprint density at radius 1 is 1.14 bits per heavy atom. The van der Waals surface area contributed by atoms with E-state index in [-0.39, 0.29) is 17.9 Å². The molecule has 1 fully saturated rings. The number of carbonyl (C=O) groups is 2. The van der Waals surface area contributed by atoms with E-state index in [9.17, 15) is 14.7 Å². The van der Waals surface area contributed by atoms with E-state index in [1.165, 1.54) is 4.90 Å². The predicted molar refractivity (Wildman–Crippen MR) is 133 cm³/mol. The molecule has 0 aliphatic carbocycles. The van der Waals surface area contributed by atoms with Gasteiger partial charge < -0.3 is 19.7 Å². The summed E-state index contributed by atoms with van der Waals surface area (Å²) in [7, 11) is 1.61.